The number of thioether (sulfide) groups is 1. The lowest BCUT2D eigenvalue weighted by Gasteiger charge is -2.26. The van der Waals surface area contributed by atoms with Gasteiger partial charge in [0, 0.05) is 10.4 Å². The van der Waals surface area contributed by atoms with Crippen molar-refractivity contribution in [2.75, 3.05) is 19.4 Å². The van der Waals surface area contributed by atoms with E-state index in [1.54, 1.807) is 11.8 Å². The number of likely N-dealkylation sites (N-methyl/N-ethyl adjacent to an activating group) is 1. The summed E-state index contributed by atoms with van der Waals surface area (Å²) in [6.07, 6.45) is 3.18. The molecule has 0 amide bonds. The van der Waals surface area contributed by atoms with E-state index in [4.69, 9.17) is 23.2 Å². The van der Waals surface area contributed by atoms with Gasteiger partial charge in [-0.05, 0) is 50.8 Å². The Balaban J connectivity index is 2.26. The second-order valence-corrected chi connectivity index (χ2v) is 6.83. The predicted molar refractivity (Wildman–Crippen MR) is 85.6 cm³/mol. The molecule has 0 bridgehead atoms. The molecule has 5 heteroatoms. The maximum atomic E-state index is 9.28. The second kappa shape index (κ2) is 8.38. The Hall–Kier alpha value is 0.0700. The third kappa shape index (κ3) is 5.92. The van der Waals surface area contributed by atoms with E-state index < -0.39 is 0 Å². The quantitative estimate of drug-likeness (QED) is 0.555. The van der Waals surface area contributed by atoms with E-state index in [1.165, 1.54) is 0 Å². The Bertz CT molecular complexity index is 397. The second-order valence-electron chi connectivity index (χ2n) is 4.85. The molecule has 1 rings (SSSR count). The summed E-state index contributed by atoms with van der Waals surface area (Å²) in [5, 5.41) is 13.6. The van der Waals surface area contributed by atoms with E-state index >= 15 is 0 Å². The van der Waals surface area contributed by atoms with Gasteiger partial charge < -0.3 is 10.4 Å². The predicted octanol–water partition coefficient (Wildman–Crippen LogP) is 4.23. The van der Waals surface area contributed by atoms with Gasteiger partial charge in [-0.2, -0.15) is 0 Å². The SMILES string of the molecule is CNC(C)(CO)CCCCSc1ccc(Cl)c(Cl)c1. The van der Waals surface area contributed by atoms with Crippen molar-refractivity contribution in [2.24, 2.45) is 0 Å². The number of aliphatic hydroxyl groups excluding tert-OH is 1. The molecule has 1 atom stereocenters. The number of nitrogens with one attached hydrogen (secondary N) is 1. The molecule has 19 heavy (non-hydrogen) atoms. The molecule has 1 aromatic carbocycles. The number of unbranched alkanes of at least 4 members (excludes halogenated alkanes) is 1. The van der Waals surface area contributed by atoms with E-state index in [0.717, 1.165) is 29.9 Å². The molecule has 0 saturated heterocycles. The summed E-state index contributed by atoms with van der Waals surface area (Å²) in [5.74, 6) is 1.04. The van der Waals surface area contributed by atoms with Gasteiger partial charge in [-0.1, -0.05) is 29.6 Å². The number of halogens is 2. The van der Waals surface area contributed by atoms with Crippen LogP contribution in [-0.4, -0.2) is 30.1 Å². The lowest BCUT2D eigenvalue weighted by atomic mass is 9.96. The fourth-order valence-corrected chi connectivity index (χ4v) is 2.97. The maximum absolute atomic E-state index is 9.28. The minimum Gasteiger partial charge on any atom is -0.394 e. The van der Waals surface area contributed by atoms with Crippen molar-refractivity contribution in [1.82, 2.24) is 5.32 Å². The summed E-state index contributed by atoms with van der Waals surface area (Å²) in [6.45, 7) is 2.21. The van der Waals surface area contributed by atoms with Gasteiger partial charge in [0.05, 0.1) is 16.7 Å². The van der Waals surface area contributed by atoms with E-state index in [-0.39, 0.29) is 12.1 Å². The molecule has 0 heterocycles. The van der Waals surface area contributed by atoms with Crippen LogP contribution in [0.5, 0.6) is 0 Å². The molecule has 0 saturated carbocycles. The Labute approximate surface area is 129 Å². The average Bonchev–Trinajstić information content (AvgIpc) is 2.42. The van der Waals surface area contributed by atoms with Crippen LogP contribution in [0.2, 0.25) is 10.0 Å². The zero-order valence-electron chi connectivity index (χ0n) is 11.4. The van der Waals surface area contributed by atoms with Crippen LogP contribution >= 0.6 is 35.0 Å². The average molecular weight is 322 g/mol. The lowest BCUT2D eigenvalue weighted by molar-refractivity contribution is 0.171. The van der Waals surface area contributed by atoms with Crippen LogP contribution in [-0.2, 0) is 0 Å². The van der Waals surface area contributed by atoms with Gasteiger partial charge in [-0.3, -0.25) is 0 Å². The topological polar surface area (TPSA) is 32.3 Å². The minimum absolute atomic E-state index is 0.158. The standard InChI is InChI=1S/C14H21Cl2NOS/c1-14(10-18,17-2)7-3-4-8-19-11-5-6-12(15)13(16)9-11/h5-6,9,17-18H,3-4,7-8,10H2,1-2H3. The largest absolute Gasteiger partial charge is 0.394 e. The fraction of sp³-hybridized carbons (Fsp3) is 0.571. The highest BCUT2D eigenvalue weighted by molar-refractivity contribution is 7.99. The Morgan fingerprint density at radius 2 is 2.00 bits per heavy atom. The molecule has 0 aromatic heterocycles. The van der Waals surface area contributed by atoms with Crippen LogP contribution in [0.25, 0.3) is 0 Å². The molecule has 0 aliphatic carbocycles. The van der Waals surface area contributed by atoms with Crippen molar-refractivity contribution in [3.63, 3.8) is 0 Å². The van der Waals surface area contributed by atoms with Gasteiger partial charge in [-0.15, -0.1) is 11.8 Å². The summed E-state index contributed by atoms with van der Waals surface area (Å²) in [6, 6.07) is 5.72. The number of aliphatic hydroxyl groups is 1. The first-order valence-corrected chi connectivity index (χ1v) is 8.12. The molecule has 0 fully saturated rings. The van der Waals surface area contributed by atoms with Gasteiger partial charge in [0.15, 0.2) is 0 Å². The van der Waals surface area contributed by atoms with E-state index in [1.807, 2.05) is 32.2 Å². The van der Waals surface area contributed by atoms with Crippen molar-refractivity contribution in [2.45, 2.75) is 36.6 Å². The normalized spacial score (nSPS) is 14.4. The highest BCUT2D eigenvalue weighted by Crippen LogP contribution is 2.28. The highest BCUT2D eigenvalue weighted by atomic mass is 35.5. The van der Waals surface area contributed by atoms with E-state index in [0.29, 0.717) is 10.0 Å². The minimum atomic E-state index is -0.158. The molecule has 0 spiro atoms. The van der Waals surface area contributed by atoms with Crippen molar-refractivity contribution in [3.05, 3.63) is 28.2 Å². The Morgan fingerprint density at radius 3 is 2.58 bits per heavy atom. The van der Waals surface area contributed by atoms with E-state index in [9.17, 15) is 5.11 Å². The summed E-state index contributed by atoms with van der Waals surface area (Å²) in [4.78, 5) is 1.15. The lowest BCUT2D eigenvalue weighted by Crippen LogP contribution is -2.43. The van der Waals surface area contributed by atoms with Gasteiger partial charge in [0.1, 0.15) is 0 Å². The van der Waals surface area contributed by atoms with Crippen LogP contribution in [0.4, 0.5) is 0 Å². The molecular formula is C14H21Cl2NOS. The molecule has 0 aliphatic rings. The zero-order valence-corrected chi connectivity index (χ0v) is 13.7. The summed E-state index contributed by atoms with van der Waals surface area (Å²) in [5.41, 5.74) is -0.158. The molecule has 1 unspecified atom stereocenters. The van der Waals surface area contributed by atoms with Gasteiger partial charge in [-0.25, -0.2) is 0 Å². The summed E-state index contributed by atoms with van der Waals surface area (Å²) >= 11 is 13.6. The Kier molecular flexibility index (Phi) is 7.55. The highest BCUT2D eigenvalue weighted by Gasteiger charge is 2.19. The summed E-state index contributed by atoms with van der Waals surface area (Å²) < 4.78 is 0. The molecule has 108 valence electrons. The third-order valence-corrected chi connectivity index (χ3v) is 5.05. The van der Waals surface area contributed by atoms with E-state index in [2.05, 4.69) is 5.32 Å². The van der Waals surface area contributed by atoms with Crippen LogP contribution in [0.3, 0.4) is 0 Å². The Morgan fingerprint density at radius 1 is 1.26 bits per heavy atom. The zero-order chi connectivity index (χ0) is 14.3. The molecular weight excluding hydrogens is 301 g/mol. The number of rotatable bonds is 8. The monoisotopic (exact) mass is 321 g/mol. The van der Waals surface area contributed by atoms with Crippen LogP contribution in [0.15, 0.2) is 23.1 Å². The molecule has 0 radical (unpaired) electrons. The van der Waals surface area contributed by atoms with Gasteiger partial charge in [0.25, 0.3) is 0 Å². The first-order chi connectivity index (χ1) is 9.00. The summed E-state index contributed by atoms with van der Waals surface area (Å²) in [7, 11) is 1.89. The van der Waals surface area contributed by atoms with Crippen LogP contribution in [0.1, 0.15) is 26.2 Å². The first-order valence-electron chi connectivity index (χ1n) is 6.38. The molecule has 1 aromatic rings. The smallest absolute Gasteiger partial charge is 0.0610 e. The number of hydrogen-bond acceptors (Lipinski definition) is 3. The van der Waals surface area contributed by atoms with Crippen molar-refractivity contribution < 1.29 is 5.11 Å². The van der Waals surface area contributed by atoms with Crippen LogP contribution in [0, 0.1) is 0 Å². The third-order valence-electron chi connectivity index (χ3n) is 3.24. The van der Waals surface area contributed by atoms with Gasteiger partial charge >= 0.3 is 0 Å². The number of benzene rings is 1. The molecule has 2 N–H and O–H groups in total. The number of hydrogen-bond donors (Lipinski definition) is 2. The van der Waals surface area contributed by atoms with Gasteiger partial charge in [0.2, 0.25) is 0 Å². The first kappa shape index (κ1) is 17.1. The van der Waals surface area contributed by atoms with Crippen molar-refractivity contribution >= 4 is 35.0 Å². The molecule has 2 nitrogen and oxygen atoms in total. The van der Waals surface area contributed by atoms with Crippen molar-refractivity contribution in [3.8, 4) is 0 Å². The maximum Gasteiger partial charge on any atom is 0.0610 e. The van der Waals surface area contributed by atoms with Crippen LogP contribution < -0.4 is 5.32 Å². The van der Waals surface area contributed by atoms with Crippen molar-refractivity contribution in [1.29, 1.82) is 0 Å². The fourth-order valence-electron chi connectivity index (χ4n) is 1.66. The molecule has 0 aliphatic heterocycles.